The van der Waals surface area contributed by atoms with Crippen molar-refractivity contribution in [2.24, 2.45) is 5.92 Å². The fourth-order valence-corrected chi connectivity index (χ4v) is 4.78. The van der Waals surface area contributed by atoms with Crippen molar-refractivity contribution in [3.63, 3.8) is 0 Å². The third kappa shape index (κ3) is 4.56. The summed E-state index contributed by atoms with van der Waals surface area (Å²) in [5.74, 6) is 0.270. The molecular weight excluding hydrogens is 466 g/mol. The van der Waals surface area contributed by atoms with E-state index in [-0.39, 0.29) is 23.3 Å². The molecule has 0 saturated carbocycles. The summed E-state index contributed by atoms with van der Waals surface area (Å²) < 4.78 is 7.08. The van der Waals surface area contributed by atoms with Gasteiger partial charge in [0.1, 0.15) is 11.4 Å². The first kappa shape index (κ1) is 23.2. The maximum atomic E-state index is 12.7. The maximum absolute atomic E-state index is 12.7. The summed E-state index contributed by atoms with van der Waals surface area (Å²) in [6.45, 7) is 6.99. The number of hydrogen-bond donors (Lipinski definition) is 1. The number of halogens is 1. The van der Waals surface area contributed by atoms with Gasteiger partial charge in [0.05, 0.1) is 22.3 Å². The Bertz CT molecular complexity index is 1520. The Morgan fingerprint density at radius 2 is 1.89 bits per heavy atom. The predicted molar refractivity (Wildman–Crippen MR) is 137 cm³/mol. The van der Waals surface area contributed by atoms with Gasteiger partial charge in [-0.2, -0.15) is 0 Å². The molecule has 0 unspecified atom stereocenters. The van der Waals surface area contributed by atoms with Crippen LogP contribution >= 0.6 is 11.6 Å². The molecule has 180 valence electrons. The molecule has 1 aliphatic rings. The van der Waals surface area contributed by atoms with Crippen molar-refractivity contribution in [2.45, 2.75) is 32.9 Å². The number of likely N-dealkylation sites (tertiary alicyclic amines) is 1. The van der Waals surface area contributed by atoms with E-state index in [0.717, 1.165) is 21.9 Å². The van der Waals surface area contributed by atoms with E-state index in [1.54, 1.807) is 27.7 Å². The number of phenols is 1. The highest BCUT2D eigenvalue weighted by molar-refractivity contribution is 6.34. The largest absolute Gasteiger partial charge is 0.508 e. The Morgan fingerprint density at radius 3 is 2.63 bits per heavy atom. The molecule has 2 heterocycles. The van der Waals surface area contributed by atoms with Crippen LogP contribution in [0.4, 0.5) is 4.79 Å². The van der Waals surface area contributed by atoms with E-state index in [1.807, 2.05) is 51.1 Å². The third-order valence-electron chi connectivity index (χ3n) is 6.12. The van der Waals surface area contributed by atoms with Crippen LogP contribution in [0.15, 0.2) is 59.5 Å². The number of ether oxygens (including phenoxy) is 1. The molecule has 5 rings (SSSR count). The highest BCUT2D eigenvalue weighted by Gasteiger charge is 2.34. The molecule has 0 spiro atoms. The lowest BCUT2D eigenvalue weighted by Crippen LogP contribution is -2.53. The molecule has 0 atom stereocenters. The molecule has 7 nitrogen and oxygen atoms in total. The first-order valence-corrected chi connectivity index (χ1v) is 11.9. The number of amides is 1. The van der Waals surface area contributed by atoms with Crippen LogP contribution in [0.3, 0.4) is 0 Å². The topological polar surface area (TPSA) is 84.7 Å². The van der Waals surface area contributed by atoms with E-state index >= 15 is 0 Å². The van der Waals surface area contributed by atoms with E-state index < -0.39 is 5.60 Å². The van der Waals surface area contributed by atoms with E-state index in [0.29, 0.717) is 35.7 Å². The number of fused-ring (bicyclic) bond motifs is 2. The highest BCUT2D eigenvalue weighted by atomic mass is 35.5. The lowest BCUT2D eigenvalue weighted by Gasteiger charge is -2.40. The average molecular weight is 492 g/mol. The van der Waals surface area contributed by atoms with Crippen molar-refractivity contribution >= 4 is 39.5 Å². The predicted octanol–water partition coefficient (Wildman–Crippen LogP) is 5.44. The van der Waals surface area contributed by atoms with Gasteiger partial charge in [0.25, 0.3) is 5.56 Å². The number of phenolic OH excluding ortho intramolecular Hbond substituents is 1. The number of nitrogens with zero attached hydrogens (tertiary/aromatic N) is 3. The van der Waals surface area contributed by atoms with Gasteiger partial charge in [0.15, 0.2) is 0 Å². The fourth-order valence-electron chi connectivity index (χ4n) is 4.52. The number of rotatable bonds is 3. The molecular formula is C27H26ClN3O4. The Balaban J connectivity index is 1.47. The molecule has 0 bridgehead atoms. The van der Waals surface area contributed by atoms with Crippen LogP contribution in [-0.4, -0.2) is 44.3 Å². The van der Waals surface area contributed by atoms with Crippen molar-refractivity contribution in [3.05, 3.63) is 70.1 Å². The summed E-state index contributed by atoms with van der Waals surface area (Å²) in [4.78, 5) is 31.0. The van der Waals surface area contributed by atoms with Gasteiger partial charge in [0, 0.05) is 31.1 Å². The van der Waals surface area contributed by atoms with E-state index in [4.69, 9.17) is 16.3 Å². The van der Waals surface area contributed by atoms with E-state index in [1.165, 1.54) is 6.20 Å². The molecule has 1 fully saturated rings. The fraction of sp³-hybridized carbons (Fsp3) is 0.296. The van der Waals surface area contributed by atoms with Crippen LogP contribution in [-0.2, 0) is 11.3 Å². The quantitative estimate of drug-likeness (QED) is 0.412. The van der Waals surface area contributed by atoms with Crippen molar-refractivity contribution in [3.8, 4) is 16.9 Å². The van der Waals surface area contributed by atoms with Gasteiger partial charge >= 0.3 is 6.09 Å². The van der Waals surface area contributed by atoms with Gasteiger partial charge in [0.2, 0.25) is 0 Å². The van der Waals surface area contributed by atoms with Gasteiger partial charge in [-0.3, -0.25) is 4.79 Å². The van der Waals surface area contributed by atoms with Crippen molar-refractivity contribution in [2.75, 3.05) is 13.1 Å². The smallest absolute Gasteiger partial charge is 0.410 e. The van der Waals surface area contributed by atoms with Gasteiger partial charge in [-0.15, -0.1) is 0 Å². The summed E-state index contributed by atoms with van der Waals surface area (Å²) >= 11 is 6.73. The minimum Gasteiger partial charge on any atom is -0.508 e. The maximum Gasteiger partial charge on any atom is 0.410 e. The van der Waals surface area contributed by atoms with Gasteiger partial charge < -0.3 is 19.3 Å². The molecule has 1 N–H and O–H groups in total. The lowest BCUT2D eigenvalue weighted by atomic mass is 9.97. The average Bonchev–Trinajstić information content (AvgIpc) is 2.75. The molecule has 8 heteroatoms. The Labute approximate surface area is 207 Å². The van der Waals surface area contributed by atoms with Crippen LogP contribution in [0, 0.1) is 5.92 Å². The summed E-state index contributed by atoms with van der Waals surface area (Å²) in [5, 5.41) is 12.6. The number of aromatic hydroxyl groups is 1. The first-order valence-electron chi connectivity index (χ1n) is 11.5. The van der Waals surface area contributed by atoms with Gasteiger partial charge in [-0.25, -0.2) is 9.78 Å². The van der Waals surface area contributed by atoms with Crippen LogP contribution in [0.5, 0.6) is 5.75 Å². The second kappa shape index (κ2) is 8.57. The molecule has 4 aromatic rings. The molecule has 3 aromatic carbocycles. The molecule has 0 radical (unpaired) electrons. The van der Waals surface area contributed by atoms with Crippen molar-refractivity contribution in [1.29, 1.82) is 0 Å². The number of carbonyl (C=O) groups is 1. The zero-order valence-corrected chi connectivity index (χ0v) is 20.5. The van der Waals surface area contributed by atoms with E-state index in [9.17, 15) is 14.7 Å². The summed E-state index contributed by atoms with van der Waals surface area (Å²) in [6.07, 6.45) is 0.969. The van der Waals surface area contributed by atoms with E-state index in [2.05, 4.69) is 4.98 Å². The SMILES string of the molecule is CC(C)(C)OC(=O)N1CC(Cn2c(=O)cnc3cc(-c4cc(O)cc5ccccc45)c(Cl)cc32)C1. The zero-order valence-electron chi connectivity index (χ0n) is 19.8. The molecule has 35 heavy (non-hydrogen) atoms. The lowest BCUT2D eigenvalue weighted by molar-refractivity contribution is -0.00329. The molecule has 1 saturated heterocycles. The number of benzene rings is 3. The molecule has 1 aliphatic heterocycles. The summed E-state index contributed by atoms with van der Waals surface area (Å²) in [7, 11) is 0. The number of aromatic nitrogens is 2. The Hall–Kier alpha value is -3.58. The van der Waals surface area contributed by atoms with Crippen LogP contribution < -0.4 is 5.56 Å². The van der Waals surface area contributed by atoms with Crippen molar-refractivity contribution in [1.82, 2.24) is 14.5 Å². The molecule has 0 aliphatic carbocycles. The normalized spacial score (nSPS) is 14.3. The number of hydrogen-bond acceptors (Lipinski definition) is 5. The van der Waals surface area contributed by atoms with Crippen LogP contribution in [0.1, 0.15) is 20.8 Å². The zero-order chi connectivity index (χ0) is 24.9. The second-order valence-corrected chi connectivity index (χ2v) is 10.4. The Kier molecular flexibility index (Phi) is 5.68. The number of carbonyl (C=O) groups excluding carboxylic acids is 1. The highest BCUT2D eigenvalue weighted by Crippen LogP contribution is 2.38. The van der Waals surface area contributed by atoms with Crippen molar-refractivity contribution < 1.29 is 14.6 Å². The van der Waals surface area contributed by atoms with Gasteiger partial charge in [-0.05, 0) is 61.4 Å². The standard InChI is InChI=1S/C27H26ClN3O4/c1-27(2,3)35-26(34)30-13-16(14-30)15-31-24-11-22(28)21(10-23(24)29-12-25(31)33)20-9-18(32)8-17-6-4-5-7-19(17)20/h4-12,16,32H,13-15H2,1-3H3. The van der Waals surface area contributed by atoms with Gasteiger partial charge in [-0.1, -0.05) is 35.9 Å². The minimum absolute atomic E-state index is 0.124. The third-order valence-corrected chi connectivity index (χ3v) is 6.43. The Morgan fingerprint density at radius 1 is 1.14 bits per heavy atom. The second-order valence-electron chi connectivity index (χ2n) is 9.99. The first-order chi connectivity index (χ1) is 16.6. The minimum atomic E-state index is -0.546. The van der Waals surface area contributed by atoms with Crippen LogP contribution in [0.2, 0.25) is 5.02 Å². The summed E-state index contributed by atoms with van der Waals surface area (Å²) in [6, 6.07) is 14.8. The molecule has 1 aromatic heterocycles. The van der Waals surface area contributed by atoms with Crippen LogP contribution in [0.25, 0.3) is 32.9 Å². The monoisotopic (exact) mass is 491 g/mol. The summed E-state index contributed by atoms with van der Waals surface area (Å²) in [5.41, 5.74) is 2.00. The molecule has 1 amide bonds.